The van der Waals surface area contributed by atoms with E-state index in [4.69, 9.17) is 10.1 Å². The molecule has 2 aromatic heterocycles. The third kappa shape index (κ3) is 3.62. The number of aliphatic carboxylic acids is 1. The maximum atomic E-state index is 15.0. The summed E-state index contributed by atoms with van der Waals surface area (Å²) in [5, 5.41) is 9.67. The van der Waals surface area contributed by atoms with Gasteiger partial charge in [-0.2, -0.15) is 0 Å². The number of carboxylic acid groups (broad SMARTS) is 1. The molecule has 1 N–H and O–H groups in total. The average molecular weight is 459 g/mol. The molecule has 2 aliphatic rings. The van der Waals surface area contributed by atoms with Crippen LogP contribution in [0, 0.1) is 17.7 Å². The molecule has 0 aliphatic heterocycles. The molecular weight excluding hydrogens is 435 g/mol. The van der Waals surface area contributed by atoms with Crippen molar-refractivity contribution in [3.8, 4) is 10.6 Å². The lowest BCUT2D eigenvalue weighted by Crippen LogP contribution is -2.31. The molecule has 0 unspecified atom stereocenters. The molecule has 0 atom stereocenters. The van der Waals surface area contributed by atoms with Gasteiger partial charge in [0, 0.05) is 11.0 Å². The number of hydrogen-bond donors (Lipinski definition) is 1. The van der Waals surface area contributed by atoms with Gasteiger partial charge in [-0.1, -0.05) is 47.7 Å². The van der Waals surface area contributed by atoms with Crippen molar-refractivity contribution in [2.75, 3.05) is 0 Å². The Kier molecular flexibility index (Phi) is 4.80. The van der Waals surface area contributed by atoms with Crippen molar-refractivity contribution in [1.29, 1.82) is 0 Å². The summed E-state index contributed by atoms with van der Waals surface area (Å²) in [7, 11) is 0. The summed E-state index contributed by atoms with van der Waals surface area (Å²) < 4.78 is 15.0. The lowest BCUT2D eigenvalue weighted by Gasteiger charge is -2.32. The van der Waals surface area contributed by atoms with E-state index in [-0.39, 0.29) is 17.2 Å². The second kappa shape index (κ2) is 7.73. The molecular formula is C27H23FN2O2S. The Morgan fingerprint density at radius 2 is 1.85 bits per heavy atom. The minimum atomic E-state index is -0.725. The van der Waals surface area contributed by atoms with Crippen LogP contribution in [0.1, 0.15) is 42.5 Å². The van der Waals surface area contributed by atoms with Crippen LogP contribution in [-0.2, 0) is 16.6 Å². The van der Waals surface area contributed by atoms with Crippen molar-refractivity contribution in [3.05, 3.63) is 83.3 Å². The zero-order chi connectivity index (χ0) is 22.6. The van der Waals surface area contributed by atoms with Gasteiger partial charge in [-0.3, -0.25) is 4.79 Å². The Bertz CT molecular complexity index is 1360. The number of nitrogens with zero attached hydrogens (tertiary/aromatic N) is 2. The van der Waals surface area contributed by atoms with Gasteiger partial charge in [0.1, 0.15) is 21.2 Å². The highest BCUT2D eigenvalue weighted by atomic mass is 32.1. The number of fused-ring (bicyclic) bond motifs is 1. The molecule has 33 heavy (non-hydrogen) atoms. The Morgan fingerprint density at radius 3 is 2.55 bits per heavy atom. The molecule has 0 amide bonds. The fraction of sp³-hybridized carbons (Fsp3) is 0.296. The lowest BCUT2D eigenvalue weighted by atomic mass is 9.72. The molecule has 6 rings (SSSR count). The number of rotatable bonds is 6. The number of benzene rings is 2. The second-order valence-electron chi connectivity index (χ2n) is 9.38. The highest BCUT2D eigenvalue weighted by Crippen LogP contribution is 2.53. The molecule has 2 saturated carbocycles. The fourth-order valence-electron chi connectivity index (χ4n) is 5.07. The summed E-state index contributed by atoms with van der Waals surface area (Å²) in [6.45, 7) is 0. The molecule has 166 valence electrons. The summed E-state index contributed by atoms with van der Waals surface area (Å²) >= 11 is 1.43. The first-order valence-corrected chi connectivity index (χ1v) is 12.2. The molecule has 2 aliphatic carbocycles. The number of hydrogen-bond acceptors (Lipinski definition) is 4. The Hall–Kier alpha value is -3.12. The van der Waals surface area contributed by atoms with Gasteiger partial charge < -0.3 is 5.11 Å². The zero-order valence-corrected chi connectivity index (χ0v) is 18.8. The van der Waals surface area contributed by atoms with E-state index in [9.17, 15) is 9.18 Å². The van der Waals surface area contributed by atoms with E-state index in [1.807, 2.05) is 18.2 Å². The first kappa shape index (κ1) is 20.5. The van der Waals surface area contributed by atoms with Crippen molar-refractivity contribution in [1.82, 2.24) is 9.97 Å². The molecule has 2 heterocycles. The topological polar surface area (TPSA) is 63.1 Å². The molecule has 2 fully saturated rings. The largest absolute Gasteiger partial charge is 0.481 e. The van der Waals surface area contributed by atoms with E-state index in [0.29, 0.717) is 35.8 Å². The lowest BCUT2D eigenvalue weighted by molar-refractivity contribution is -0.146. The maximum absolute atomic E-state index is 15.0. The van der Waals surface area contributed by atoms with Gasteiger partial charge in [0.25, 0.3) is 0 Å². The average Bonchev–Trinajstić information content (AvgIpc) is 3.49. The molecule has 4 nitrogen and oxygen atoms in total. The van der Waals surface area contributed by atoms with Gasteiger partial charge in [-0.15, -0.1) is 0 Å². The van der Waals surface area contributed by atoms with E-state index < -0.39 is 5.97 Å². The van der Waals surface area contributed by atoms with Gasteiger partial charge in [0.05, 0.1) is 11.6 Å². The van der Waals surface area contributed by atoms with E-state index in [0.717, 1.165) is 34.4 Å². The first-order valence-electron chi connectivity index (χ1n) is 11.4. The Labute approximate surface area is 195 Å². The molecule has 6 heteroatoms. The second-order valence-corrected chi connectivity index (χ2v) is 10.4. The maximum Gasteiger partial charge on any atom is 0.306 e. The summed E-state index contributed by atoms with van der Waals surface area (Å²) in [6.07, 6.45) is 4.24. The first-order chi connectivity index (χ1) is 16.0. The van der Waals surface area contributed by atoms with Crippen LogP contribution in [-0.4, -0.2) is 21.0 Å². The van der Waals surface area contributed by atoms with Crippen molar-refractivity contribution < 1.29 is 14.3 Å². The number of halogens is 1. The molecule has 0 saturated heterocycles. The zero-order valence-electron chi connectivity index (χ0n) is 18.0. The van der Waals surface area contributed by atoms with Crippen LogP contribution in [0.3, 0.4) is 0 Å². The van der Waals surface area contributed by atoms with Crippen LogP contribution < -0.4 is 0 Å². The molecule has 0 spiro atoms. The standard InChI is InChI=1S/C27H23FN2O2S/c28-21-15-16(12-17-13-18(14-17)26(31)32)6-7-20(21)24-29-22-8-9-23(30-25(22)33-24)27(10-11-27)19-4-2-1-3-5-19/h1-9,15,17-18H,10-14H2,(H,31,32). The van der Waals surface area contributed by atoms with E-state index in [1.165, 1.54) is 16.9 Å². The smallest absolute Gasteiger partial charge is 0.306 e. The van der Waals surface area contributed by atoms with Gasteiger partial charge in [-0.05, 0) is 73.4 Å². The van der Waals surface area contributed by atoms with Crippen molar-refractivity contribution >= 4 is 27.7 Å². The van der Waals surface area contributed by atoms with Crippen molar-refractivity contribution in [3.63, 3.8) is 0 Å². The van der Waals surface area contributed by atoms with Crippen LogP contribution in [0.2, 0.25) is 0 Å². The summed E-state index contributed by atoms with van der Waals surface area (Å²) in [5.74, 6) is -0.933. The third-order valence-electron chi connectivity index (χ3n) is 7.20. The highest BCUT2D eigenvalue weighted by Gasteiger charge is 2.47. The SMILES string of the molecule is O=C(O)C1CC(Cc2ccc(-c3nc4ccc(C5(c6ccccc6)CC5)nc4s3)c(F)c2)C1. The third-order valence-corrected chi connectivity index (χ3v) is 8.19. The fourth-order valence-corrected chi connectivity index (χ4v) is 6.03. The molecule has 0 bridgehead atoms. The van der Waals surface area contributed by atoms with Crippen LogP contribution >= 0.6 is 11.3 Å². The minimum Gasteiger partial charge on any atom is -0.481 e. The highest BCUT2D eigenvalue weighted by molar-refractivity contribution is 7.21. The normalized spacial score (nSPS) is 21.0. The van der Waals surface area contributed by atoms with Crippen molar-refractivity contribution in [2.45, 2.75) is 37.5 Å². The predicted molar refractivity (Wildman–Crippen MR) is 127 cm³/mol. The molecule has 4 aromatic rings. The van der Waals surface area contributed by atoms with Crippen molar-refractivity contribution in [2.24, 2.45) is 11.8 Å². The van der Waals surface area contributed by atoms with E-state index >= 15 is 0 Å². The van der Waals surface area contributed by atoms with Gasteiger partial charge >= 0.3 is 5.97 Å². The molecule has 2 aromatic carbocycles. The minimum absolute atomic E-state index is 0.00628. The quantitative estimate of drug-likeness (QED) is 0.372. The monoisotopic (exact) mass is 458 g/mol. The van der Waals surface area contributed by atoms with Gasteiger partial charge in [0.2, 0.25) is 0 Å². The summed E-state index contributed by atoms with van der Waals surface area (Å²) in [4.78, 5) is 21.4. The number of pyridine rings is 1. The number of thiazole rings is 1. The predicted octanol–water partition coefficient (Wildman–Crippen LogP) is 6.23. The van der Waals surface area contributed by atoms with Crippen LogP contribution in [0.5, 0.6) is 0 Å². The van der Waals surface area contributed by atoms with Gasteiger partial charge in [0.15, 0.2) is 0 Å². The van der Waals surface area contributed by atoms with E-state index in [1.54, 1.807) is 12.1 Å². The number of carbonyl (C=O) groups is 1. The number of carboxylic acids is 1. The van der Waals surface area contributed by atoms with Gasteiger partial charge in [-0.25, -0.2) is 14.4 Å². The Morgan fingerprint density at radius 1 is 1.06 bits per heavy atom. The van der Waals surface area contributed by atoms with Crippen LogP contribution in [0.15, 0.2) is 60.7 Å². The van der Waals surface area contributed by atoms with Crippen LogP contribution in [0.25, 0.3) is 20.9 Å². The van der Waals surface area contributed by atoms with E-state index in [2.05, 4.69) is 35.3 Å². The van der Waals surface area contributed by atoms with Crippen LogP contribution in [0.4, 0.5) is 4.39 Å². The summed E-state index contributed by atoms with van der Waals surface area (Å²) in [6, 6.07) is 19.9. The number of aromatic nitrogens is 2. The Balaban J connectivity index is 1.25. The molecule has 0 radical (unpaired) electrons. The summed E-state index contributed by atoms with van der Waals surface area (Å²) in [5.41, 5.74) is 4.54.